The molecule has 1 spiro atoms. The molecule has 0 unspecified atom stereocenters. The minimum absolute atomic E-state index is 0.0150. The molecule has 0 aromatic carbocycles. The number of hydrogen-bond donors (Lipinski definition) is 1. The second kappa shape index (κ2) is 2.73. The fraction of sp³-hybridized carbons (Fsp3) is 0.889. The van der Waals surface area contributed by atoms with Crippen molar-refractivity contribution in [2.75, 3.05) is 19.7 Å². The number of nitrogens with one attached hydrogen (secondary N) is 1. The average molecular weight is 169 g/mol. The highest BCUT2D eigenvalue weighted by molar-refractivity contribution is 5.77. The molecule has 1 aliphatic carbocycles. The van der Waals surface area contributed by atoms with E-state index in [9.17, 15) is 4.79 Å². The van der Waals surface area contributed by atoms with E-state index < -0.39 is 0 Å². The van der Waals surface area contributed by atoms with Crippen LogP contribution in [0.1, 0.15) is 19.8 Å². The van der Waals surface area contributed by atoms with Gasteiger partial charge in [-0.25, -0.2) is 0 Å². The Morgan fingerprint density at radius 2 is 2.58 bits per heavy atom. The van der Waals surface area contributed by atoms with E-state index in [1.165, 1.54) is 0 Å². The summed E-state index contributed by atoms with van der Waals surface area (Å²) in [4.78, 5) is 11.3. The summed E-state index contributed by atoms with van der Waals surface area (Å²) in [6.45, 7) is 4.45. The Kier molecular flexibility index (Phi) is 1.83. The summed E-state index contributed by atoms with van der Waals surface area (Å²) >= 11 is 0. The van der Waals surface area contributed by atoms with Crippen LogP contribution < -0.4 is 5.32 Å². The third-order valence-corrected chi connectivity index (χ3v) is 3.04. The Bertz CT molecular complexity index is 197. The van der Waals surface area contributed by atoms with Crippen LogP contribution in [-0.2, 0) is 9.53 Å². The van der Waals surface area contributed by atoms with Crippen LogP contribution in [0, 0.1) is 11.3 Å². The van der Waals surface area contributed by atoms with Crippen molar-refractivity contribution in [1.82, 2.24) is 5.32 Å². The summed E-state index contributed by atoms with van der Waals surface area (Å²) in [5.74, 6) is 0.216. The fourth-order valence-corrected chi connectivity index (χ4v) is 2.16. The molecule has 1 heterocycles. The van der Waals surface area contributed by atoms with Gasteiger partial charge in [-0.3, -0.25) is 4.79 Å². The largest absolute Gasteiger partial charge is 0.466 e. The third kappa shape index (κ3) is 1.12. The van der Waals surface area contributed by atoms with Crippen LogP contribution in [0.2, 0.25) is 0 Å². The normalized spacial score (nSPS) is 38.6. The van der Waals surface area contributed by atoms with E-state index in [2.05, 4.69) is 5.32 Å². The van der Waals surface area contributed by atoms with Crippen LogP contribution in [0.4, 0.5) is 0 Å². The molecule has 3 nitrogen and oxygen atoms in total. The van der Waals surface area contributed by atoms with E-state index in [1.54, 1.807) is 0 Å². The fourth-order valence-electron chi connectivity index (χ4n) is 2.16. The van der Waals surface area contributed by atoms with Gasteiger partial charge in [-0.05, 0) is 31.7 Å². The van der Waals surface area contributed by atoms with Crippen molar-refractivity contribution < 1.29 is 9.53 Å². The minimum Gasteiger partial charge on any atom is -0.466 e. The van der Waals surface area contributed by atoms with Gasteiger partial charge in [-0.2, -0.15) is 0 Å². The molecule has 2 aliphatic rings. The Morgan fingerprint density at radius 1 is 1.75 bits per heavy atom. The van der Waals surface area contributed by atoms with Gasteiger partial charge in [-0.15, -0.1) is 0 Å². The molecular weight excluding hydrogens is 154 g/mol. The predicted octanol–water partition coefficient (Wildman–Crippen LogP) is 0.549. The van der Waals surface area contributed by atoms with Gasteiger partial charge in [0, 0.05) is 6.54 Å². The third-order valence-electron chi connectivity index (χ3n) is 3.04. The van der Waals surface area contributed by atoms with Gasteiger partial charge in [0.2, 0.25) is 0 Å². The van der Waals surface area contributed by atoms with E-state index in [4.69, 9.17) is 4.74 Å². The molecule has 1 saturated carbocycles. The number of ether oxygens (including phenoxy) is 1. The van der Waals surface area contributed by atoms with Crippen LogP contribution in [0.3, 0.4) is 0 Å². The average Bonchev–Trinajstić information content (AvgIpc) is 2.51. The van der Waals surface area contributed by atoms with Crippen molar-refractivity contribution in [2.45, 2.75) is 19.8 Å². The summed E-state index contributed by atoms with van der Waals surface area (Å²) in [6.07, 6.45) is 2.19. The highest BCUT2D eigenvalue weighted by atomic mass is 16.5. The van der Waals surface area contributed by atoms with Crippen molar-refractivity contribution in [1.29, 1.82) is 0 Å². The molecule has 2 rings (SSSR count). The Balaban J connectivity index is 1.89. The van der Waals surface area contributed by atoms with Crippen LogP contribution in [0.5, 0.6) is 0 Å². The lowest BCUT2D eigenvalue weighted by Crippen LogP contribution is -2.16. The highest BCUT2D eigenvalue weighted by Gasteiger charge is 2.59. The second-order valence-corrected chi connectivity index (χ2v) is 3.80. The molecule has 1 N–H and O–H groups in total. The maximum atomic E-state index is 11.3. The van der Waals surface area contributed by atoms with Crippen LogP contribution in [0.15, 0.2) is 0 Å². The lowest BCUT2D eigenvalue weighted by molar-refractivity contribution is -0.145. The van der Waals surface area contributed by atoms with E-state index in [0.29, 0.717) is 12.0 Å². The van der Waals surface area contributed by atoms with Crippen molar-refractivity contribution in [2.24, 2.45) is 11.3 Å². The van der Waals surface area contributed by atoms with Crippen molar-refractivity contribution >= 4 is 5.97 Å². The molecule has 0 bridgehead atoms. The number of hydrogen-bond acceptors (Lipinski definition) is 3. The van der Waals surface area contributed by atoms with E-state index in [0.717, 1.165) is 25.9 Å². The first-order chi connectivity index (χ1) is 5.78. The topological polar surface area (TPSA) is 38.3 Å². The highest BCUT2D eigenvalue weighted by Crippen LogP contribution is 2.56. The van der Waals surface area contributed by atoms with Crippen LogP contribution in [-0.4, -0.2) is 25.7 Å². The van der Waals surface area contributed by atoms with E-state index in [1.807, 2.05) is 6.92 Å². The quantitative estimate of drug-likeness (QED) is 0.613. The summed E-state index contributed by atoms with van der Waals surface area (Å²) < 4.78 is 4.99. The zero-order valence-corrected chi connectivity index (χ0v) is 7.43. The van der Waals surface area contributed by atoms with Crippen molar-refractivity contribution in [3.8, 4) is 0 Å². The number of carbonyl (C=O) groups excluding carboxylic acids is 1. The molecule has 1 saturated heterocycles. The first kappa shape index (κ1) is 8.05. The van der Waals surface area contributed by atoms with Gasteiger partial charge in [0.25, 0.3) is 0 Å². The van der Waals surface area contributed by atoms with Crippen LogP contribution >= 0.6 is 0 Å². The second-order valence-electron chi connectivity index (χ2n) is 3.80. The molecular formula is C9H15NO2. The summed E-state index contributed by atoms with van der Waals surface area (Å²) in [6, 6.07) is 0. The molecule has 0 amide bonds. The standard InChI is InChI=1S/C9H15NO2/c1-2-12-8(11)7-5-9(7)3-4-10-6-9/h7,10H,2-6H2,1H3/t7-,9+/m0/s1. The number of esters is 1. The zero-order valence-electron chi connectivity index (χ0n) is 7.43. The zero-order chi connectivity index (χ0) is 8.60. The smallest absolute Gasteiger partial charge is 0.309 e. The maximum Gasteiger partial charge on any atom is 0.309 e. The van der Waals surface area contributed by atoms with Gasteiger partial charge in [-0.1, -0.05) is 0 Å². The lowest BCUT2D eigenvalue weighted by Gasteiger charge is -2.05. The first-order valence-electron chi connectivity index (χ1n) is 4.66. The molecule has 0 aromatic heterocycles. The van der Waals surface area contributed by atoms with E-state index in [-0.39, 0.29) is 11.9 Å². The minimum atomic E-state index is 0.0150. The van der Waals surface area contributed by atoms with Gasteiger partial charge in [0.05, 0.1) is 12.5 Å². The van der Waals surface area contributed by atoms with Gasteiger partial charge in [0.15, 0.2) is 0 Å². The van der Waals surface area contributed by atoms with Gasteiger partial charge in [0.1, 0.15) is 0 Å². The SMILES string of the molecule is CCOC(=O)[C@@H]1C[C@@]12CCNC2. The monoisotopic (exact) mass is 169 g/mol. The molecule has 12 heavy (non-hydrogen) atoms. The number of rotatable bonds is 2. The molecule has 1 aliphatic heterocycles. The summed E-state index contributed by atoms with van der Waals surface area (Å²) in [5.41, 5.74) is 0.298. The Labute approximate surface area is 72.5 Å². The lowest BCUT2D eigenvalue weighted by atomic mass is 10.0. The molecule has 3 heteroatoms. The maximum absolute atomic E-state index is 11.3. The summed E-state index contributed by atoms with van der Waals surface area (Å²) in [7, 11) is 0. The molecule has 0 aromatic rings. The molecule has 2 fully saturated rings. The molecule has 0 radical (unpaired) electrons. The molecule has 2 atom stereocenters. The number of carbonyl (C=O) groups is 1. The van der Waals surface area contributed by atoms with Crippen molar-refractivity contribution in [3.05, 3.63) is 0 Å². The summed E-state index contributed by atoms with van der Waals surface area (Å²) in [5, 5.41) is 3.29. The molecule has 68 valence electrons. The van der Waals surface area contributed by atoms with Crippen LogP contribution in [0.25, 0.3) is 0 Å². The predicted molar refractivity (Wildman–Crippen MR) is 44.7 cm³/mol. The van der Waals surface area contributed by atoms with Gasteiger partial charge >= 0.3 is 5.97 Å². The van der Waals surface area contributed by atoms with Gasteiger partial charge < -0.3 is 10.1 Å². The first-order valence-corrected chi connectivity index (χ1v) is 4.66. The Morgan fingerprint density at radius 3 is 3.17 bits per heavy atom. The van der Waals surface area contributed by atoms with Crippen molar-refractivity contribution in [3.63, 3.8) is 0 Å². The van der Waals surface area contributed by atoms with E-state index >= 15 is 0 Å². The Hall–Kier alpha value is -0.570.